The third-order valence-electron chi connectivity index (χ3n) is 3.28. The Labute approximate surface area is 119 Å². The monoisotopic (exact) mass is 327 g/mol. The first-order valence-corrected chi connectivity index (χ1v) is 6.63. The van der Waals surface area contributed by atoms with E-state index < -0.39 is 10.5 Å². The molecule has 0 aliphatic carbocycles. The highest BCUT2D eigenvalue weighted by molar-refractivity contribution is 9.10. The van der Waals surface area contributed by atoms with Crippen molar-refractivity contribution in [1.82, 2.24) is 5.32 Å². The fourth-order valence-electron chi connectivity index (χ4n) is 2.19. The van der Waals surface area contributed by atoms with Crippen LogP contribution < -0.4 is 10.2 Å². The average Bonchev–Trinajstić information content (AvgIpc) is 2.33. The minimum absolute atomic E-state index is 0.00264. The molecule has 1 fully saturated rings. The SMILES string of the molecule is CC1(C)C(=O)NCCN1c1ccc(Br)cc1[N+](=O)[O-]. The van der Waals surface area contributed by atoms with Gasteiger partial charge in [-0.05, 0) is 26.0 Å². The molecule has 0 bridgehead atoms. The lowest BCUT2D eigenvalue weighted by atomic mass is 9.97. The maximum absolute atomic E-state index is 11.9. The van der Waals surface area contributed by atoms with Crippen molar-refractivity contribution in [1.29, 1.82) is 0 Å². The quantitative estimate of drug-likeness (QED) is 0.666. The standard InChI is InChI=1S/C12H14BrN3O3/c1-12(2)11(17)14-5-6-15(12)9-4-3-8(13)7-10(9)16(18)19/h3-4,7H,5-6H2,1-2H3,(H,14,17). The molecule has 1 heterocycles. The van der Waals surface area contributed by atoms with Gasteiger partial charge in [0.05, 0.1) is 4.92 Å². The number of nitrogens with zero attached hydrogens (tertiary/aromatic N) is 2. The van der Waals surface area contributed by atoms with E-state index in [9.17, 15) is 14.9 Å². The molecule has 1 aromatic rings. The van der Waals surface area contributed by atoms with Crippen LogP contribution in [0.2, 0.25) is 0 Å². The summed E-state index contributed by atoms with van der Waals surface area (Å²) in [5.41, 5.74) is -0.346. The number of nitrogens with one attached hydrogen (secondary N) is 1. The van der Waals surface area contributed by atoms with Gasteiger partial charge >= 0.3 is 0 Å². The van der Waals surface area contributed by atoms with E-state index in [-0.39, 0.29) is 11.6 Å². The first-order chi connectivity index (χ1) is 8.84. The molecule has 6 nitrogen and oxygen atoms in total. The molecule has 7 heteroatoms. The van der Waals surface area contributed by atoms with Gasteiger partial charge in [0.25, 0.3) is 5.69 Å². The number of carbonyl (C=O) groups excluding carboxylic acids is 1. The molecule has 1 saturated heterocycles. The van der Waals surface area contributed by atoms with Gasteiger partial charge in [0.1, 0.15) is 11.2 Å². The number of anilines is 1. The average molecular weight is 328 g/mol. The minimum Gasteiger partial charge on any atom is -0.352 e. The molecule has 0 atom stereocenters. The second kappa shape index (κ2) is 4.80. The van der Waals surface area contributed by atoms with Crippen LogP contribution in [0.1, 0.15) is 13.8 Å². The topological polar surface area (TPSA) is 75.5 Å². The number of benzene rings is 1. The third kappa shape index (κ3) is 2.42. The van der Waals surface area contributed by atoms with Crippen molar-refractivity contribution in [3.63, 3.8) is 0 Å². The molecule has 19 heavy (non-hydrogen) atoms. The van der Waals surface area contributed by atoms with Crippen LogP contribution >= 0.6 is 15.9 Å². The van der Waals surface area contributed by atoms with Gasteiger partial charge in [0.15, 0.2) is 0 Å². The molecule has 0 spiro atoms. The first-order valence-electron chi connectivity index (χ1n) is 5.84. The van der Waals surface area contributed by atoms with Gasteiger partial charge in [-0.25, -0.2) is 0 Å². The summed E-state index contributed by atoms with van der Waals surface area (Å²) in [5, 5.41) is 13.9. The highest BCUT2D eigenvalue weighted by Gasteiger charge is 2.40. The molecular formula is C12H14BrN3O3. The van der Waals surface area contributed by atoms with Crippen molar-refractivity contribution in [2.45, 2.75) is 19.4 Å². The van der Waals surface area contributed by atoms with Crippen LogP contribution in [-0.2, 0) is 4.79 Å². The molecule has 0 saturated carbocycles. The predicted molar refractivity (Wildman–Crippen MR) is 75.2 cm³/mol. The molecule has 0 radical (unpaired) electrons. The number of halogens is 1. The fourth-order valence-corrected chi connectivity index (χ4v) is 2.54. The Morgan fingerprint density at radius 1 is 1.47 bits per heavy atom. The molecular weight excluding hydrogens is 314 g/mol. The van der Waals surface area contributed by atoms with Gasteiger partial charge in [-0.1, -0.05) is 15.9 Å². The number of hydrogen-bond acceptors (Lipinski definition) is 4. The maximum atomic E-state index is 11.9. The molecule has 1 N–H and O–H groups in total. The van der Waals surface area contributed by atoms with E-state index in [1.54, 1.807) is 30.9 Å². The number of carbonyl (C=O) groups is 1. The second-order valence-electron chi connectivity index (χ2n) is 4.86. The number of rotatable bonds is 2. The van der Waals surface area contributed by atoms with Crippen LogP contribution in [-0.4, -0.2) is 29.5 Å². The van der Waals surface area contributed by atoms with Gasteiger partial charge in [-0.3, -0.25) is 14.9 Å². The van der Waals surface area contributed by atoms with Crippen LogP contribution in [0.25, 0.3) is 0 Å². The summed E-state index contributed by atoms with van der Waals surface area (Å²) < 4.78 is 0.641. The molecule has 1 aromatic carbocycles. The zero-order valence-electron chi connectivity index (χ0n) is 10.6. The summed E-state index contributed by atoms with van der Waals surface area (Å²) in [6.07, 6.45) is 0. The third-order valence-corrected chi connectivity index (χ3v) is 3.77. The molecule has 1 amide bonds. The molecule has 2 rings (SSSR count). The van der Waals surface area contributed by atoms with Crippen molar-refractivity contribution in [2.75, 3.05) is 18.0 Å². The van der Waals surface area contributed by atoms with Crippen LogP contribution in [0.5, 0.6) is 0 Å². The largest absolute Gasteiger partial charge is 0.352 e. The Balaban J connectivity index is 2.52. The summed E-state index contributed by atoms with van der Waals surface area (Å²) in [7, 11) is 0. The highest BCUT2D eigenvalue weighted by Crippen LogP contribution is 2.35. The Bertz CT molecular complexity index is 545. The van der Waals surface area contributed by atoms with Gasteiger partial charge in [0.2, 0.25) is 5.91 Å². The number of nitro groups is 1. The van der Waals surface area contributed by atoms with Gasteiger partial charge in [-0.2, -0.15) is 0 Å². The van der Waals surface area contributed by atoms with Crippen molar-refractivity contribution in [3.8, 4) is 0 Å². The summed E-state index contributed by atoms with van der Waals surface area (Å²) in [6, 6.07) is 4.87. The van der Waals surface area contributed by atoms with Gasteiger partial charge in [0, 0.05) is 23.6 Å². The molecule has 0 aromatic heterocycles. The number of piperazine rings is 1. The Hall–Kier alpha value is -1.63. The molecule has 102 valence electrons. The van der Waals surface area contributed by atoms with Crippen LogP contribution in [0, 0.1) is 10.1 Å². The number of nitro benzene ring substituents is 1. The Kier molecular flexibility index (Phi) is 3.49. The van der Waals surface area contributed by atoms with Crippen molar-refractivity contribution in [2.24, 2.45) is 0 Å². The van der Waals surface area contributed by atoms with E-state index in [0.717, 1.165) is 0 Å². The van der Waals surface area contributed by atoms with Crippen molar-refractivity contribution >= 4 is 33.2 Å². The lowest BCUT2D eigenvalue weighted by Crippen LogP contribution is -2.62. The summed E-state index contributed by atoms with van der Waals surface area (Å²) >= 11 is 3.23. The fraction of sp³-hybridized carbons (Fsp3) is 0.417. The normalized spacial score (nSPS) is 18.1. The Morgan fingerprint density at radius 3 is 2.79 bits per heavy atom. The summed E-state index contributed by atoms with van der Waals surface area (Å²) in [6.45, 7) is 4.54. The van der Waals surface area contributed by atoms with Gasteiger partial charge < -0.3 is 10.2 Å². The molecule has 1 aliphatic rings. The zero-order valence-corrected chi connectivity index (χ0v) is 12.2. The van der Waals surface area contributed by atoms with E-state index in [4.69, 9.17) is 0 Å². The van der Waals surface area contributed by atoms with E-state index in [2.05, 4.69) is 21.2 Å². The molecule has 1 aliphatic heterocycles. The van der Waals surface area contributed by atoms with E-state index >= 15 is 0 Å². The van der Waals surface area contributed by atoms with Crippen molar-refractivity contribution in [3.05, 3.63) is 32.8 Å². The van der Waals surface area contributed by atoms with E-state index in [1.165, 1.54) is 6.07 Å². The van der Waals surface area contributed by atoms with Crippen LogP contribution in [0.3, 0.4) is 0 Å². The number of hydrogen-bond donors (Lipinski definition) is 1. The predicted octanol–water partition coefficient (Wildman–Crippen LogP) is 2.07. The van der Waals surface area contributed by atoms with E-state index in [0.29, 0.717) is 23.2 Å². The summed E-state index contributed by atoms with van der Waals surface area (Å²) in [4.78, 5) is 24.4. The van der Waals surface area contributed by atoms with Crippen LogP contribution in [0.4, 0.5) is 11.4 Å². The van der Waals surface area contributed by atoms with Gasteiger partial charge in [-0.15, -0.1) is 0 Å². The molecule has 0 unspecified atom stereocenters. The van der Waals surface area contributed by atoms with E-state index in [1.807, 2.05) is 0 Å². The minimum atomic E-state index is -0.809. The second-order valence-corrected chi connectivity index (χ2v) is 5.77. The lowest BCUT2D eigenvalue weighted by molar-refractivity contribution is -0.384. The zero-order chi connectivity index (χ0) is 14.2. The first kappa shape index (κ1) is 13.8. The van der Waals surface area contributed by atoms with Crippen LogP contribution in [0.15, 0.2) is 22.7 Å². The maximum Gasteiger partial charge on any atom is 0.293 e. The smallest absolute Gasteiger partial charge is 0.293 e. The van der Waals surface area contributed by atoms with Crippen molar-refractivity contribution < 1.29 is 9.72 Å². The number of amides is 1. The highest BCUT2D eigenvalue weighted by atomic mass is 79.9. The Morgan fingerprint density at radius 2 is 2.16 bits per heavy atom. The summed E-state index contributed by atoms with van der Waals surface area (Å²) in [5.74, 6) is -0.129. The lowest BCUT2D eigenvalue weighted by Gasteiger charge is -2.42.